The van der Waals surface area contributed by atoms with E-state index in [1.54, 1.807) is 52.1 Å². The second-order valence-electron chi connectivity index (χ2n) is 4.91. The SMILES string of the molecule is COc1ccc(C(=O)CC(=O)OC(C)(C)C)cc1. The summed E-state index contributed by atoms with van der Waals surface area (Å²) in [6.07, 6.45) is -0.246. The summed E-state index contributed by atoms with van der Waals surface area (Å²) >= 11 is 0. The molecule has 0 saturated carbocycles. The molecule has 0 aliphatic rings. The van der Waals surface area contributed by atoms with E-state index >= 15 is 0 Å². The third-order valence-electron chi connectivity index (χ3n) is 2.14. The Morgan fingerprint density at radius 1 is 1.11 bits per heavy atom. The van der Waals surface area contributed by atoms with Crippen molar-refractivity contribution in [2.24, 2.45) is 0 Å². The van der Waals surface area contributed by atoms with Crippen LogP contribution in [0.2, 0.25) is 0 Å². The van der Waals surface area contributed by atoms with E-state index in [2.05, 4.69) is 0 Å². The van der Waals surface area contributed by atoms with Gasteiger partial charge in [0, 0.05) is 5.56 Å². The van der Waals surface area contributed by atoms with Crippen molar-refractivity contribution >= 4 is 11.8 Å². The molecule has 0 aliphatic carbocycles. The highest BCUT2D eigenvalue weighted by atomic mass is 16.6. The zero-order valence-electron chi connectivity index (χ0n) is 11.1. The van der Waals surface area contributed by atoms with Gasteiger partial charge in [-0.2, -0.15) is 0 Å². The number of ether oxygens (including phenoxy) is 2. The van der Waals surface area contributed by atoms with Gasteiger partial charge in [-0.25, -0.2) is 0 Å². The van der Waals surface area contributed by atoms with Gasteiger partial charge in [-0.05, 0) is 45.0 Å². The molecule has 0 radical (unpaired) electrons. The van der Waals surface area contributed by atoms with Crippen LogP contribution in [0.25, 0.3) is 0 Å². The predicted molar refractivity (Wildman–Crippen MR) is 67.8 cm³/mol. The molecule has 18 heavy (non-hydrogen) atoms. The number of esters is 1. The van der Waals surface area contributed by atoms with Crippen LogP contribution < -0.4 is 4.74 Å². The third kappa shape index (κ3) is 4.57. The van der Waals surface area contributed by atoms with Gasteiger partial charge in [0.1, 0.15) is 17.8 Å². The molecule has 0 aromatic heterocycles. The molecular formula is C14H18O4. The van der Waals surface area contributed by atoms with Gasteiger partial charge < -0.3 is 9.47 Å². The van der Waals surface area contributed by atoms with Gasteiger partial charge in [-0.1, -0.05) is 0 Å². The maximum absolute atomic E-state index is 11.8. The first kappa shape index (κ1) is 14.2. The van der Waals surface area contributed by atoms with Gasteiger partial charge in [0.25, 0.3) is 0 Å². The maximum atomic E-state index is 11.8. The summed E-state index contributed by atoms with van der Waals surface area (Å²) in [4.78, 5) is 23.3. The first-order valence-corrected chi connectivity index (χ1v) is 5.71. The van der Waals surface area contributed by atoms with Crippen LogP contribution in [0.3, 0.4) is 0 Å². The molecule has 0 fully saturated rings. The number of rotatable bonds is 4. The standard InChI is InChI=1S/C14H18O4/c1-14(2,3)18-13(16)9-12(15)10-5-7-11(17-4)8-6-10/h5-8H,9H2,1-4H3. The summed E-state index contributed by atoms with van der Waals surface area (Å²) in [6, 6.07) is 6.63. The van der Waals surface area contributed by atoms with E-state index in [0.29, 0.717) is 11.3 Å². The highest BCUT2D eigenvalue weighted by Gasteiger charge is 2.19. The van der Waals surface area contributed by atoms with Crippen LogP contribution in [-0.2, 0) is 9.53 Å². The van der Waals surface area contributed by atoms with Gasteiger partial charge in [0.15, 0.2) is 5.78 Å². The molecule has 4 heteroatoms. The van der Waals surface area contributed by atoms with Crippen molar-refractivity contribution in [3.8, 4) is 5.75 Å². The Hall–Kier alpha value is -1.84. The molecule has 4 nitrogen and oxygen atoms in total. The van der Waals surface area contributed by atoms with Gasteiger partial charge in [-0.15, -0.1) is 0 Å². The lowest BCUT2D eigenvalue weighted by Gasteiger charge is -2.19. The Balaban J connectivity index is 2.62. The zero-order valence-corrected chi connectivity index (χ0v) is 11.1. The molecule has 0 spiro atoms. The van der Waals surface area contributed by atoms with Crippen LogP contribution in [0, 0.1) is 0 Å². The quantitative estimate of drug-likeness (QED) is 0.468. The molecule has 0 N–H and O–H groups in total. The molecule has 1 rings (SSSR count). The van der Waals surface area contributed by atoms with Crippen LogP contribution in [0.1, 0.15) is 37.6 Å². The molecule has 1 aromatic carbocycles. The molecular weight excluding hydrogens is 232 g/mol. The highest BCUT2D eigenvalue weighted by Crippen LogP contribution is 2.14. The normalized spacial score (nSPS) is 10.9. The average Bonchev–Trinajstić information content (AvgIpc) is 2.26. The second kappa shape index (κ2) is 5.67. The summed E-state index contributed by atoms with van der Waals surface area (Å²) in [5.74, 6) is -0.0981. The van der Waals surface area contributed by atoms with Crippen LogP contribution >= 0.6 is 0 Å². The molecule has 0 aliphatic heterocycles. The largest absolute Gasteiger partial charge is 0.497 e. The van der Waals surface area contributed by atoms with Crippen molar-refractivity contribution in [2.45, 2.75) is 32.8 Å². The van der Waals surface area contributed by atoms with E-state index in [1.165, 1.54) is 0 Å². The molecule has 98 valence electrons. The Kier molecular flexibility index (Phi) is 4.48. The fourth-order valence-corrected chi connectivity index (χ4v) is 1.39. The summed E-state index contributed by atoms with van der Waals surface area (Å²) < 4.78 is 10.1. The summed E-state index contributed by atoms with van der Waals surface area (Å²) in [6.45, 7) is 5.30. The first-order chi connectivity index (χ1) is 8.31. The molecule has 0 saturated heterocycles. The minimum absolute atomic E-state index is 0.246. The minimum Gasteiger partial charge on any atom is -0.497 e. The maximum Gasteiger partial charge on any atom is 0.314 e. The third-order valence-corrected chi connectivity index (χ3v) is 2.14. The number of Topliss-reactive ketones (excluding diaryl/α,β-unsaturated/α-hetero) is 1. The van der Waals surface area contributed by atoms with E-state index in [0.717, 1.165) is 0 Å². The van der Waals surface area contributed by atoms with Crippen molar-refractivity contribution in [3.05, 3.63) is 29.8 Å². The number of benzene rings is 1. The summed E-state index contributed by atoms with van der Waals surface area (Å²) in [7, 11) is 1.55. The van der Waals surface area contributed by atoms with E-state index < -0.39 is 11.6 Å². The van der Waals surface area contributed by atoms with Crippen LogP contribution in [-0.4, -0.2) is 24.5 Å². The molecule has 1 aromatic rings. The Bertz CT molecular complexity index is 426. The van der Waals surface area contributed by atoms with Crippen molar-refractivity contribution < 1.29 is 19.1 Å². The van der Waals surface area contributed by atoms with Crippen LogP contribution in [0.15, 0.2) is 24.3 Å². The van der Waals surface area contributed by atoms with Gasteiger partial charge in [0.05, 0.1) is 7.11 Å². The molecule has 0 amide bonds. The van der Waals surface area contributed by atoms with Crippen molar-refractivity contribution in [1.29, 1.82) is 0 Å². The van der Waals surface area contributed by atoms with Gasteiger partial charge in [0.2, 0.25) is 0 Å². The van der Waals surface area contributed by atoms with E-state index in [-0.39, 0.29) is 12.2 Å². The molecule has 0 bridgehead atoms. The van der Waals surface area contributed by atoms with Crippen LogP contribution in [0.4, 0.5) is 0 Å². The second-order valence-corrected chi connectivity index (χ2v) is 4.91. The van der Waals surface area contributed by atoms with Gasteiger partial charge >= 0.3 is 5.97 Å². The Morgan fingerprint density at radius 2 is 1.67 bits per heavy atom. The molecule has 0 atom stereocenters. The number of hydrogen-bond donors (Lipinski definition) is 0. The summed E-state index contributed by atoms with van der Waals surface area (Å²) in [5, 5.41) is 0. The van der Waals surface area contributed by atoms with Gasteiger partial charge in [-0.3, -0.25) is 9.59 Å². The lowest BCUT2D eigenvalue weighted by atomic mass is 10.1. The minimum atomic E-state index is -0.572. The summed E-state index contributed by atoms with van der Waals surface area (Å²) in [5.41, 5.74) is -0.0984. The van der Waals surface area contributed by atoms with Crippen molar-refractivity contribution in [2.75, 3.05) is 7.11 Å². The topological polar surface area (TPSA) is 52.6 Å². The van der Waals surface area contributed by atoms with Crippen LogP contribution in [0.5, 0.6) is 5.75 Å². The number of hydrogen-bond acceptors (Lipinski definition) is 4. The lowest BCUT2D eigenvalue weighted by Crippen LogP contribution is -2.25. The first-order valence-electron chi connectivity index (χ1n) is 5.71. The number of carbonyl (C=O) groups is 2. The fourth-order valence-electron chi connectivity index (χ4n) is 1.39. The monoisotopic (exact) mass is 250 g/mol. The zero-order chi connectivity index (χ0) is 13.8. The highest BCUT2D eigenvalue weighted by molar-refractivity contribution is 6.06. The number of methoxy groups -OCH3 is 1. The Morgan fingerprint density at radius 3 is 2.11 bits per heavy atom. The lowest BCUT2D eigenvalue weighted by molar-refractivity contribution is -0.153. The van der Waals surface area contributed by atoms with E-state index in [4.69, 9.17) is 9.47 Å². The van der Waals surface area contributed by atoms with Crippen molar-refractivity contribution in [1.82, 2.24) is 0 Å². The van der Waals surface area contributed by atoms with Crippen molar-refractivity contribution in [3.63, 3.8) is 0 Å². The van der Waals surface area contributed by atoms with E-state index in [9.17, 15) is 9.59 Å². The molecule has 0 unspecified atom stereocenters. The number of carbonyl (C=O) groups excluding carboxylic acids is 2. The number of ketones is 1. The van der Waals surface area contributed by atoms with E-state index in [1.807, 2.05) is 0 Å². The smallest absolute Gasteiger partial charge is 0.314 e. The average molecular weight is 250 g/mol. The Labute approximate surface area is 107 Å². The molecule has 0 heterocycles. The predicted octanol–water partition coefficient (Wildman–Crippen LogP) is 2.61. The fraction of sp³-hybridized carbons (Fsp3) is 0.429.